The number of nitrogens with one attached hydrogen (secondary N) is 2. The molecule has 2 heterocycles. The molecule has 17 heavy (non-hydrogen) atoms. The van der Waals surface area contributed by atoms with Crippen LogP contribution in [0.25, 0.3) is 0 Å². The molecular weight excluding hydrogens is 235 g/mol. The third-order valence-electron chi connectivity index (χ3n) is 3.51. The minimum atomic E-state index is -4.47. The van der Waals surface area contributed by atoms with E-state index in [2.05, 4.69) is 10.6 Å². The molecule has 0 aromatic heterocycles. The lowest BCUT2D eigenvalue weighted by atomic mass is 9.84. The minimum Gasteiger partial charge on any atom is -0.339 e. The van der Waals surface area contributed by atoms with Crippen molar-refractivity contribution < 1.29 is 18.0 Å². The summed E-state index contributed by atoms with van der Waals surface area (Å²) in [6, 6.07) is 0. The molecule has 1 amide bonds. The van der Waals surface area contributed by atoms with Crippen LogP contribution in [0.4, 0.5) is 13.2 Å². The average Bonchev–Trinajstić information content (AvgIpc) is 2.79. The first kappa shape index (κ1) is 12.6. The molecule has 0 saturated carbocycles. The van der Waals surface area contributed by atoms with E-state index >= 15 is 0 Å². The Labute approximate surface area is 97.5 Å². The summed E-state index contributed by atoms with van der Waals surface area (Å²) in [4.78, 5) is 13.4. The summed E-state index contributed by atoms with van der Waals surface area (Å²) < 4.78 is 39.4. The van der Waals surface area contributed by atoms with Gasteiger partial charge < -0.3 is 15.5 Å². The van der Waals surface area contributed by atoms with Gasteiger partial charge in [-0.1, -0.05) is 0 Å². The van der Waals surface area contributed by atoms with Gasteiger partial charge in [0.25, 0.3) is 0 Å². The van der Waals surface area contributed by atoms with Crippen LogP contribution in [0.5, 0.6) is 0 Å². The molecule has 2 aliphatic heterocycles. The second kappa shape index (κ2) is 4.45. The third kappa shape index (κ3) is 2.13. The second-order valence-electron chi connectivity index (χ2n) is 4.55. The van der Waals surface area contributed by atoms with Crippen molar-refractivity contribution in [1.29, 1.82) is 0 Å². The van der Waals surface area contributed by atoms with E-state index in [1.807, 2.05) is 0 Å². The van der Waals surface area contributed by atoms with E-state index in [1.165, 1.54) is 4.90 Å². The van der Waals surface area contributed by atoms with Crippen LogP contribution in [0.2, 0.25) is 0 Å². The van der Waals surface area contributed by atoms with Gasteiger partial charge in [0, 0.05) is 32.7 Å². The molecule has 2 rings (SSSR count). The first-order valence-corrected chi connectivity index (χ1v) is 5.75. The number of halogens is 3. The summed E-state index contributed by atoms with van der Waals surface area (Å²) in [6.45, 7) is 1.80. The highest BCUT2D eigenvalue weighted by atomic mass is 19.4. The van der Waals surface area contributed by atoms with Gasteiger partial charge in [0.05, 0.1) is 0 Å². The number of nitrogens with zero attached hydrogens (tertiary/aromatic N) is 1. The van der Waals surface area contributed by atoms with Crippen LogP contribution in [0.1, 0.15) is 6.42 Å². The molecule has 0 spiro atoms. The monoisotopic (exact) mass is 251 g/mol. The molecule has 2 N–H and O–H groups in total. The van der Waals surface area contributed by atoms with Crippen molar-refractivity contribution in [2.24, 2.45) is 5.41 Å². The Bertz CT molecular complexity index is 294. The Morgan fingerprint density at radius 2 is 1.76 bits per heavy atom. The molecule has 0 bridgehead atoms. The van der Waals surface area contributed by atoms with Crippen LogP contribution in [-0.2, 0) is 4.79 Å². The summed E-state index contributed by atoms with van der Waals surface area (Å²) in [5.41, 5.74) is -2.20. The van der Waals surface area contributed by atoms with Crippen LogP contribution in [0.15, 0.2) is 0 Å². The van der Waals surface area contributed by atoms with Crippen molar-refractivity contribution in [2.75, 3.05) is 39.3 Å². The molecule has 2 fully saturated rings. The quantitative estimate of drug-likeness (QED) is 0.687. The summed E-state index contributed by atoms with van der Waals surface area (Å²) in [5, 5.41) is 5.68. The molecule has 0 aromatic carbocycles. The lowest BCUT2D eigenvalue weighted by Crippen LogP contribution is -2.57. The molecule has 2 saturated heterocycles. The number of hydrogen-bond acceptors (Lipinski definition) is 3. The van der Waals surface area contributed by atoms with Crippen molar-refractivity contribution in [1.82, 2.24) is 15.5 Å². The molecule has 0 aromatic rings. The fourth-order valence-electron chi connectivity index (χ4n) is 2.41. The Morgan fingerprint density at radius 3 is 2.24 bits per heavy atom. The van der Waals surface area contributed by atoms with Gasteiger partial charge in [-0.05, 0) is 13.0 Å². The van der Waals surface area contributed by atoms with Gasteiger partial charge in [-0.2, -0.15) is 13.2 Å². The van der Waals surface area contributed by atoms with Gasteiger partial charge in [-0.15, -0.1) is 0 Å². The van der Waals surface area contributed by atoms with Crippen LogP contribution in [0.3, 0.4) is 0 Å². The maximum absolute atomic E-state index is 13.1. The molecule has 1 atom stereocenters. The summed E-state index contributed by atoms with van der Waals surface area (Å²) in [7, 11) is 0. The van der Waals surface area contributed by atoms with E-state index in [1.54, 1.807) is 0 Å². The van der Waals surface area contributed by atoms with Gasteiger partial charge in [0.15, 0.2) is 5.41 Å². The Hall–Kier alpha value is -0.820. The molecule has 98 valence electrons. The maximum atomic E-state index is 13.1. The van der Waals surface area contributed by atoms with Crippen LogP contribution in [0, 0.1) is 5.41 Å². The molecule has 2 aliphatic rings. The van der Waals surface area contributed by atoms with E-state index in [0.717, 1.165) is 0 Å². The fourth-order valence-corrected chi connectivity index (χ4v) is 2.41. The number of carbonyl (C=O) groups is 1. The predicted octanol–water partition coefficient (Wildman–Crippen LogP) is -0.0398. The fraction of sp³-hybridized carbons (Fsp3) is 0.900. The Morgan fingerprint density at radius 1 is 1.12 bits per heavy atom. The van der Waals surface area contributed by atoms with E-state index in [4.69, 9.17) is 0 Å². The van der Waals surface area contributed by atoms with Crippen molar-refractivity contribution in [3.63, 3.8) is 0 Å². The van der Waals surface area contributed by atoms with E-state index in [9.17, 15) is 18.0 Å². The van der Waals surface area contributed by atoms with Crippen molar-refractivity contribution in [2.45, 2.75) is 12.6 Å². The number of rotatable bonds is 1. The van der Waals surface area contributed by atoms with Crippen molar-refractivity contribution in [3.05, 3.63) is 0 Å². The molecule has 4 nitrogen and oxygen atoms in total. The summed E-state index contributed by atoms with van der Waals surface area (Å²) in [5.74, 6) is -0.767. The van der Waals surface area contributed by atoms with Gasteiger partial charge in [0.1, 0.15) is 0 Å². The van der Waals surface area contributed by atoms with Gasteiger partial charge in [-0.25, -0.2) is 0 Å². The zero-order valence-electron chi connectivity index (χ0n) is 9.44. The number of amides is 1. The number of piperazine rings is 1. The highest BCUT2D eigenvalue weighted by molar-refractivity contribution is 5.84. The van der Waals surface area contributed by atoms with Crippen molar-refractivity contribution in [3.8, 4) is 0 Å². The molecule has 0 aliphatic carbocycles. The average molecular weight is 251 g/mol. The Kier molecular flexibility index (Phi) is 3.31. The third-order valence-corrected chi connectivity index (χ3v) is 3.51. The second-order valence-corrected chi connectivity index (χ2v) is 4.55. The van der Waals surface area contributed by atoms with Crippen LogP contribution < -0.4 is 10.6 Å². The highest BCUT2D eigenvalue weighted by Crippen LogP contribution is 2.44. The number of alkyl halides is 3. The predicted molar refractivity (Wildman–Crippen MR) is 55.4 cm³/mol. The van der Waals surface area contributed by atoms with Crippen molar-refractivity contribution >= 4 is 5.91 Å². The molecule has 0 radical (unpaired) electrons. The lowest BCUT2D eigenvalue weighted by molar-refractivity contribution is -0.222. The molecular formula is C10H16F3N3O. The summed E-state index contributed by atoms with van der Waals surface area (Å²) >= 11 is 0. The topological polar surface area (TPSA) is 44.4 Å². The van der Waals surface area contributed by atoms with E-state index in [0.29, 0.717) is 26.2 Å². The largest absolute Gasteiger partial charge is 0.404 e. The van der Waals surface area contributed by atoms with Crippen LogP contribution in [-0.4, -0.2) is 56.3 Å². The zero-order valence-corrected chi connectivity index (χ0v) is 9.44. The van der Waals surface area contributed by atoms with Gasteiger partial charge in [0.2, 0.25) is 5.91 Å². The van der Waals surface area contributed by atoms with Crippen LogP contribution >= 0.6 is 0 Å². The van der Waals surface area contributed by atoms with E-state index in [-0.39, 0.29) is 19.5 Å². The normalized spacial score (nSPS) is 30.6. The number of hydrogen-bond donors (Lipinski definition) is 2. The zero-order chi connectivity index (χ0) is 12.5. The highest BCUT2D eigenvalue weighted by Gasteiger charge is 2.62. The number of carbonyl (C=O) groups excluding carboxylic acids is 1. The SMILES string of the molecule is O=C(N1CCNCC1)C1(C(F)(F)F)CCNC1. The first-order chi connectivity index (χ1) is 7.97. The van der Waals surface area contributed by atoms with Gasteiger partial charge in [-0.3, -0.25) is 4.79 Å². The lowest BCUT2D eigenvalue weighted by Gasteiger charge is -2.37. The van der Waals surface area contributed by atoms with Gasteiger partial charge >= 0.3 is 6.18 Å². The maximum Gasteiger partial charge on any atom is 0.404 e. The molecule has 7 heteroatoms. The first-order valence-electron chi connectivity index (χ1n) is 5.75. The Balaban J connectivity index is 2.18. The van der Waals surface area contributed by atoms with E-state index < -0.39 is 17.5 Å². The standard InChI is InChI=1S/C10H16F3N3O/c11-10(12,13)9(1-2-15-7-9)8(17)16-5-3-14-4-6-16/h14-15H,1-7H2. The molecule has 1 unspecified atom stereocenters. The summed E-state index contributed by atoms with van der Waals surface area (Å²) in [6.07, 6.45) is -4.63. The minimum absolute atomic E-state index is 0.154. The smallest absolute Gasteiger partial charge is 0.339 e.